The first-order chi connectivity index (χ1) is 19.6. The van der Waals surface area contributed by atoms with E-state index in [-0.39, 0.29) is 4.90 Å². The minimum Gasteiger partial charge on any atom is -0.496 e. The van der Waals surface area contributed by atoms with Gasteiger partial charge in [0, 0.05) is 10.9 Å². The Morgan fingerprint density at radius 2 is 1.36 bits per heavy atom. The summed E-state index contributed by atoms with van der Waals surface area (Å²) < 4.78 is 41.6. The number of hydrogen-bond acceptors (Lipinski definition) is 5. The van der Waals surface area contributed by atoms with Crippen molar-refractivity contribution in [2.45, 2.75) is 108 Å². The first-order valence-electron chi connectivity index (χ1n) is 14.4. The number of rotatable bonds is 5. The van der Waals surface area contributed by atoms with E-state index in [1.54, 1.807) is 6.92 Å². The molecule has 2 aromatic rings. The predicted octanol–water partition coefficient (Wildman–Crippen LogP) is 12.0. The van der Waals surface area contributed by atoms with E-state index in [2.05, 4.69) is 63.3 Å². The Morgan fingerprint density at radius 1 is 0.929 bits per heavy atom. The van der Waals surface area contributed by atoms with Crippen molar-refractivity contribution in [1.82, 2.24) is 0 Å². The number of fused-ring (bicyclic) bond motifs is 1. The zero-order chi connectivity index (χ0) is 35.1. The smallest absolute Gasteiger partial charge is 0.294 e. The van der Waals surface area contributed by atoms with Gasteiger partial charge in [0.25, 0.3) is 10.1 Å². The first-order valence-corrected chi connectivity index (χ1v) is 16.2. The van der Waals surface area contributed by atoms with Gasteiger partial charge in [-0.05, 0) is 79.2 Å². The van der Waals surface area contributed by atoms with Gasteiger partial charge < -0.3 is 8.92 Å². The summed E-state index contributed by atoms with van der Waals surface area (Å²) in [4.78, 5) is -0.113. The average Bonchev–Trinajstić information content (AvgIpc) is 2.92. The Hall–Kier alpha value is -2.32. The van der Waals surface area contributed by atoms with Crippen molar-refractivity contribution in [1.29, 1.82) is 0 Å². The standard InChI is InChI=1S/C13H14O4S.C7H12.C4H8.C3H8OS.3C2H6.C2H4/c1-8-4-5-11-10(6-8)7-12(18(14,15)16)9(2)13(11)17-3;1-6(2)5-7(3)4;1-4(2)3;1-2-3-4-5;4*1-2/h4-7H,1-3H3,(H,14,15,16);5H,1H2,2-4H3;1H2,2-3H3;5H,2-3H2,1H3;3*1-2H3;1-2H2. The number of thiol groups is 1. The normalized spacial score (nSPS) is 8.50. The minimum atomic E-state index is -4.25. The Bertz CT molecular complexity index is 1080. The number of benzene rings is 2. The second-order valence-corrected chi connectivity index (χ2v) is 9.99. The van der Waals surface area contributed by atoms with Gasteiger partial charge in [0.15, 0.2) is 0 Å². The molecule has 0 unspecified atom stereocenters. The topological polar surface area (TPSA) is 72.8 Å². The molecule has 0 spiro atoms. The third-order valence-electron chi connectivity index (χ3n) is 3.76. The Labute approximate surface area is 267 Å². The third-order valence-corrected chi connectivity index (χ3v) is 4.92. The van der Waals surface area contributed by atoms with E-state index in [9.17, 15) is 13.0 Å². The number of hydrogen-bond donors (Lipinski definition) is 2. The van der Waals surface area contributed by atoms with E-state index in [1.807, 2.05) is 94.4 Å². The summed E-state index contributed by atoms with van der Waals surface area (Å²) in [5, 5.41) is 1.55. The van der Waals surface area contributed by atoms with E-state index in [0.717, 1.165) is 34.9 Å². The zero-order valence-corrected chi connectivity index (χ0v) is 31.3. The summed E-state index contributed by atoms with van der Waals surface area (Å²) in [7, 11) is -2.77. The van der Waals surface area contributed by atoms with Crippen LogP contribution in [0.2, 0.25) is 0 Å². The van der Waals surface area contributed by atoms with Crippen LogP contribution in [-0.2, 0) is 14.3 Å². The van der Waals surface area contributed by atoms with Gasteiger partial charge in [0.2, 0.25) is 0 Å². The molecule has 0 aliphatic carbocycles. The largest absolute Gasteiger partial charge is 0.496 e. The van der Waals surface area contributed by atoms with Crippen LogP contribution in [0.4, 0.5) is 0 Å². The fourth-order valence-electron chi connectivity index (χ4n) is 2.69. The molecule has 42 heavy (non-hydrogen) atoms. The highest BCUT2D eigenvalue weighted by Crippen LogP contribution is 2.34. The second-order valence-electron chi connectivity index (χ2n) is 8.34. The van der Waals surface area contributed by atoms with E-state index in [4.69, 9.17) is 4.74 Å². The molecule has 0 saturated carbocycles. The van der Waals surface area contributed by atoms with Crippen molar-refractivity contribution >= 4 is 33.8 Å². The molecule has 246 valence electrons. The molecule has 5 nitrogen and oxygen atoms in total. The van der Waals surface area contributed by atoms with Crippen LogP contribution >= 0.6 is 12.9 Å². The first kappa shape index (κ1) is 52.3. The fraction of sp³-hybridized carbons (Fsp3) is 0.486. The highest BCUT2D eigenvalue weighted by atomic mass is 32.2. The third kappa shape index (κ3) is 30.6. The lowest BCUT2D eigenvalue weighted by Crippen LogP contribution is -2.03. The van der Waals surface area contributed by atoms with Crippen LogP contribution in [0.3, 0.4) is 0 Å². The Morgan fingerprint density at radius 3 is 1.60 bits per heavy atom. The van der Waals surface area contributed by atoms with Gasteiger partial charge in [0.05, 0.1) is 13.7 Å². The number of allylic oxidation sites excluding steroid dienone is 4. The molecule has 0 aliphatic heterocycles. The predicted molar refractivity (Wildman–Crippen MR) is 195 cm³/mol. The van der Waals surface area contributed by atoms with Gasteiger partial charge in [-0.25, -0.2) is 0 Å². The van der Waals surface area contributed by atoms with Crippen molar-refractivity contribution in [3.63, 3.8) is 0 Å². The number of methoxy groups -OCH3 is 1. The lowest BCUT2D eigenvalue weighted by atomic mass is 10.0. The maximum Gasteiger partial charge on any atom is 0.294 e. The molecule has 0 bridgehead atoms. The Kier molecular flexibility index (Phi) is 43.5. The lowest BCUT2D eigenvalue weighted by Gasteiger charge is -2.12. The minimum absolute atomic E-state index is 0.113. The molecule has 2 aromatic carbocycles. The van der Waals surface area contributed by atoms with Gasteiger partial charge in [-0.15, -0.1) is 19.7 Å². The van der Waals surface area contributed by atoms with Gasteiger partial charge in [-0.1, -0.05) is 102 Å². The van der Waals surface area contributed by atoms with Crippen LogP contribution < -0.4 is 4.74 Å². The summed E-state index contributed by atoms with van der Waals surface area (Å²) in [5.74, 6) is 0.472. The van der Waals surface area contributed by atoms with Crippen LogP contribution in [0.15, 0.2) is 78.3 Å². The van der Waals surface area contributed by atoms with Crippen LogP contribution in [0.1, 0.15) is 101 Å². The maximum absolute atomic E-state index is 11.4. The van der Waals surface area contributed by atoms with Gasteiger partial charge >= 0.3 is 0 Å². The van der Waals surface area contributed by atoms with Gasteiger partial charge in [-0.3, -0.25) is 4.55 Å². The second kappa shape index (κ2) is 34.9. The summed E-state index contributed by atoms with van der Waals surface area (Å²) in [6.45, 7) is 41.7. The van der Waals surface area contributed by atoms with Crippen LogP contribution in [0.5, 0.6) is 5.75 Å². The molecule has 0 heterocycles. The molecule has 0 atom stereocenters. The van der Waals surface area contributed by atoms with Crippen molar-refractivity contribution in [2.24, 2.45) is 0 Å². The fourth-order valence-corrected chi connectivity index (χ4v) is 3.62. The van der Waals surface area contributed by atoms with Crippen LogP contribution in [-0.4, -0.2) is 26.7 Å². The lowest BCUT2D eigenvalue weighted by molar-refractivity contribution is 0.381. The quantitative estimate of drug-likeness (QED) is 0.113. The molecule has 0 amide bonds. The molecular weight excluding hydrogens is 565 g/mol. The monoisotopic (exact) mass is 628 g/mol. The maximum atomic E-state index is 11.4. The van der Waals surface area contributed by atoms with Crippen LogP contribution in [0, 0.1) is 13.8 Å². The zero-order valence-electron chi connectivity index (χ0n) is 29.6. The van der Waals surface area contributed by atoms with E-state index >= 15 is 0 Å². The summed E-state index contributed by atoms with van der Waals surface area (Å²) in [6, 6.07) is 7.13. The van der Waals surface area contributed by atoms with E-state index in [1.165, 1.54) is 24.3 Å². The summed E-state index contributed by atoms with van der Waals surface area (Å²) >= 11 is 3.50. The van der Waals surface area contributed by atoms with Crippen molar-refractivity contribution in [3.8, 4) is 5.75 Å². The average molecular weight is 629 g/mol. The highest BCUT2D eigenvalue weighted by molar-refractivity contribution is 7.85. The molecule has 0 fully saturated rings. The van der Waals surface area contributed by atoms with Gasteiger partial charge in [0.1, 0.15) is 10.6 Å². The van der Waals surface area contributed by atoms with Crippen molar-refractivity contribution in [2.75, 3.05) is 13.7 Å². The van der Waals surface area contributed by atoms with Crippen LogP contribution in [0.25, 0.3) is 10.8 Å². The molecule has 1 N–H and O–H groups in total. The van der Waals surface area contributed by atoms with E-state index in [0.29, 0.717) is 11.3 Å². The molecule has 0 radical (unpaired) electrons. The number of ether oxygens (including phenoxy) is 1. The number of aryl methyl sites for hydroxylation is 1. The summed E-state index contributed by atoms with van der Waals surface area (Å²) in [5.41, 5.74) is 5.03. The van der Waals surface area contributed by atoms with Crippen molar-refractivity contribution < 1.29 is 21.9 Å². The Balaban J connectivity index is -0.000000113. The molecule has 0 aromatic heterocycles. The van der Waals surface area contributed by atoms with E-state index < -0.39 is 10.1 Å². The van der Waals surface area contributed by atoms with Crippen molar-refractivity contribution in [3.05, 3.63) is 84.5 Å². The molecule has 2 rings (SSSR count). The SMILES string of the molecule is C=C.C=C(C)C.C=C(C)C=C(C)C.CC.CC.CC.CCCOS.COc1c(C)c(S(=O)(=O)O)cc2cc(C)ccc12. The summed E-state index contributed by atoms with van der Waals surface area (Å²) in [6.07, 6.45) is 3.10. The molecule has 0 saturated heterocycles. The van der Waals surface area contributed by atoms with Gasteiger partial charge in [-0.2, -0.15) is 8.42 Å². The molecular formula is C35H64O5S2. The molecule has 0 aliphatic rings. The highest BCUT2D eigenvalue weighted by Gasteiger charge is 2.19. The molecule has 7 heteroatoms.